The number of hydrogen-bond donors (Lipinski definition) is 3. The van der Waals surface area contributed by atoms with Crippen molar-refractivity contribution in [3.8, 4) is 0 Å². The summed E-state index contributed by atoms with van der Waals surface area (Å²) in [5.41, 5.74) is 0. The Bertz CT molecular complexity index is 346. The second-order valence-corrected chi connectivity index (χ2v) is 4.77. The third-order valence-electron chi connectivity index (χ3n) is 3.04. The average molecular weight is 271 g/mol. The van der Waals surface area contributed by atoms with Crippen molar-refractivity contribution in [2.45, 2.75) is 26.2 Å². The van der Waals surface area contributed by atoms with Crippen LogP contribution in [0.5, 0.6) is 0 Å². The fourth-order valence-electron chi connectivity index (χ4n) is 2.18. The molecule has 0 aromatic carbocycles. The first kappa shape index (κ1) is 15.3. The molecule has 0 saturated carbocycles. The summed E-state index contributed by atoms with van der Waals surface area (Å²) in [5, 5.41) is 14.1. The quantitative estimate of drug-likeness (QED) is 0.614. The van der Waals surface area contributed by atoms with E-state index in [2.05, 4.69) is 10.6 Å². The lowest BCUT2D eigenvalue weighted by atomic mass is 9.95. The lowest BCUT2D eigenvalue weighted by Crippen LogP contribution is -2.47. The number of carboxylic acid groups (broad SMARTS) is 1. The van der Waals surface area contributed by atoms with E-state index in [9.17, 15) is 14.4 Å². The van der Waals surface area contributed by atoms with Gasteiger partial charge in [0.05, 0.1) is 0 Å². The normalized spacial score (nSPS) is 18.8. The Labute approximate surface area is 112 Å². The second kappa shape index (κ2) is 7.60. The highest BCUT2D eigenvalue weighted by Gasteiger charge is 2.24. The molecule has 0 bridgehead atoms. The minimum Gasteiger partial charge on any atom is -0.481 e. The van der Waals surface area contributed by atoms with E-state index in [0.717, 1.165) is 12.8 Å². The predicted octanol–water partition coefficient (Wildman–Crippen LogP) is 0.0188. The molecule has 0 radical (unpaired) electrons. The number of likely N-dealkylation sites (tertiary alicyclic amines) is 1. The molecule has 0 aromatic rings. The fourth-order valence-corrected chi connectivity index (χ4v) is 2.18. The van der Waals surface area contributed by atoms with Crippen LogP contribution in [0.25, 0.3) is 0 Å². The smallest absolute Gasteiger partial charge is 0.317 e. The number of aliphatic carboxylic acids is 1. The number of amides is 3. The SMILES string of the molecule is CC(=O)NCCNC(=O)N1CCCC(CC(=O)O)C1. The molecule has 19 heavy (non-hydrogen) atoms. The van der Waals surface area contributed by atoms with E-state index < -0.39 is 5.97 Å². The van der Waals surface area contributed by atoms with Crippen molar-refractivity contribution in [2.24, 2.45) is 5.92 Å². The van der Waals surface area contributed by atoms with Crippen LogP contribution in [0, 0.1) is 5.92 Å². The van der Waals surface area contributed by atoms with E-state index in [0.29, 0.717) is 26.2 Å². The summed E-state index contributed by atoms with van der Waals surface area (Å²) in [6.07, 6.45) is 1.79. The topological polar surface area (TPSA) is 98.7 Å². The number of carboxylic acids is 1. The van der Waals surface area contributed by atoms with Crippen molar-refractivity contribution < 1.29 is 19.5 Å². The van der Waals surface area contributed by atoms with Gasteiger partial charge in [0.15, 0.2) is 0 Å². The van der Waals surface area contributed by atoms with Crippen LogP contribution in [0.15, 0.2) is 0 Å². The summed E-state index contributed by atoms with van der Waals surface area (Å²) in [6.45, 7) is 3.33. The van der Waals surface area contributed by atoms with Crippen molar-refractivity contribution in [3.63, 3.8) is 0 Å². The van der Waals surface area contributed by atoms with Gasteiger partial charge in [-0.15, -0.1) is 0 Å². The van der Waals surface area contributed by atoms with Gasteiger partial charge in [-0.1, -0.05) is 0 Å². The molecule has 0 aliphatic carbocycles. The molecule has 7 heteroatoms. The predicted molar refractivity (Wildman–Crippen MR) is 68.6 cm³/mol. The van der Waals surface area contributed by atoms with Gasteiger partial charge in [-0.25, -0.2) is 4.79 Å². The number of urea groups is 1. The van der Waals surface area contributed by atoms with Gasteiger partial charge >= 0.3 is 12.0 Å². The molecule has 1 rings (SSSR count). The average Bonchev–Trinajstić information content (AvgIpc) is 2.33. The van der Waals surface area contributed by atoms with Crippen LogP contribution in [-0.4, -0.2) is 54.1 Å². The summed E-state index contributed by atoms with van der Waals surface area (Å²) in [6, 6.07) is -0.194. The lowest BCUT2D eigenvalue weighted by molar-refractivity contribution is -0.138. The van der Waals surface area contributed by atoms with E-state index in [1.54, 1.807) is 4.90 Å². The van der Waals surface area contributed by atoms with Crippen molar-refractivity contribution in [1.29, 1.82) is 0 Å². The van der Waals surface area contributed by atoms with E-state index >= 15 is 0 Å². The van der Waals surface area contributed by atoms with E-state index in [4.69, 9.17) is 5.11 Å². The van der Waals surface area contributed by atoms with Crippen molar-refractivity contribution in [1.82, 2.24) is 15.5 Å². The number of carbonyl (C=O) groups excluding carboxylic acids is 2. The lowest BCUT2D eigenvalue weighted by Gasteiger charge is -2.32. The number of nitrogens with one attached hydrogen (secondary N) is 2. The molecule has 108 valence electrons. The third-order valence-corrected chi connectivity index (χ3v) is 3.04. The maximum absolute atomic E-state index is 11.8. The van der Waals surface area contributed by atoms with E-state index in [1.165, 1.54) is 6.92 Å². The van der Waals surface area contributed by atoms with Gasteiger partial charge < -0.3 is 20.6 Å². The first-order chi connectivity index (χ1) is 8.99. The number of piperidine rings is 1. The van der Waals surface area contributed by atoms with Gasteiger partial charge in [0, 0.05) is 39.5 Å². The highest BCUT2D eigenvalue weighted by atomic mass is 16.4. The molecule has 1 fully saturated rings. The number of carbonyl (C=O) groups is 3. The zero-order valence-electron chi connectivity index (χ0n) is 11.1. The molecule has 1 unspecified atom stereocenters. The molecule has 3 N–H and O–H groups in total. The summed E-state index contributed by atoms with van der Waals surface area (Å²) in [4.78, 5) is 34.8. The molecule has 3 amide bonds. The van der Waals surface area contributed by atoms with Gasteiger partial charge in [-0.3, -0.25) is 9.59 Å². The van der Waals surface area contributed by atoms with Gasteiger partial charge in [0.25, 0.3) is 0 Å². The van der Waals surface area contributed by atoms with Crippen molar-refractivity contribution >= 4 is 17.9 Å². The zero-order chi connectivity index (χ0) is 14.3. The Morgan fingerprint density at radius 3 is 2.58 bits per heavy atom. The zero-order valence-corrected chi connectivity index (χ0v) is 11.1. The highest BCUT2D eigenvalue weighted by molar-refractivity contribution is 5.75. The molecule has 7 nitrogen and oxygen atoms in total. The Hall–Kier alpha value is -1.79. The monoisotopic (exact) mass is 271 g/mol. The van der Waals surface area contributed by atoms with Crippen LogP contribution in [0.4, 0.5) is 4.79 Å². The van der Waals surface area contributed by atoms with Crippen LogP contribution in [-0.2, 0) is 9.59 Å². The van der Waals surface area contributed by atoms with Gasteiger partial charge in [-0.2, -0.15) is 0 Å². The first-order valence-corrected chi connectivity index (χ1v) is 6.48. The Balaban J connectivity index is 2.27. The summed E-state index contributed by atoms with van der Waals surface area (Å²) in [5.74, 6) is -0.918. The molecule has 1 heterocycles. The van der Waals surface area contributed by atoms with Crippen LogP contribution in [0.3, 0.4) is 0 Å². The number of hydrogen-bond acceptors (Lipinski definition) is 3. The molecule has 1 aliphatic heterocycles. The molecule has 0 aromatic heterocycles. The Kier molecular flexibility index (Phi) is 6.11. The minimum absolute atomic E-state index is 0.0346. The van der Waals surface area contributed by atoms with Gasteiger partial charge in [-0.05, 0) is 18.8 Å². The molecular weight excluding hydrogens is 250 g/mol. The molecule has 1 aliphatic rings. The standard InChI is InChI=1S/C12H21N3O4/c1-9(16)13-4-5-14-12(19)15-6-2-3-10(8-15)7-11(17)18/h10H,2-8H2,1H3,(H,13,16)(H,14,19)(H,17,18). The largest absolute Gasteiger partial charge is 0.481 e. The van der Waals surface area contributed by atoms with Crippen molar-refractivity contribution in [3.05, 3.63) is 0 Å². The molecular formula is C12H21N3O4. The Morgan fingerprint density at radius 2 is 1.95 bits per heavy atom. The van der Waals surface area contributed by atoms with E-state index in [1.807, 2.05) is 0 Å². The molecule has 0 spiro atoms. The van der Waals surface area contributed by atoms with Crippen molar-refractivity contribution in [2.75, 3.05) is 26.2 Å². The minimum atomic E-state index is -0.821. The van der Waals surface area contributed by atoms with Crippen LogP contribution < -0.4 is 10.6 Å². The summed E-state index contributed by atoms with van der Waals surface area (Å²) in [7, 11) is 0. The maximum Gasteiger partial charge on any atom is 0.317 e. The highest BCUT2D eigenvalue weighted by Crippen LogP contribution is 2.19. The number of rotatable bonds is 5. The Morgan fingerprint density at radius 1 is 1.26 bits per heavy atom. The number of nitrogens with zero attached hydrogens (tertiary/aromatic N) is 1. The van der Waals surface area contributed by atoms with Gasteiger partial charge in [0.1, 0.15) is 0 Å². The fraction of sp³-hybridized carbons (Fsp3) is 0.750. The third kappa shape index (κ3) is 6.08. The summed E-state index contributed by atoms with van der Waals surface area (Å²) >= 11 is 0. The van der Waals surface area contributed by atoms with E-state index in [-0.39, 0.29) is 24.3 Å². The second-order valence-electron chi connectivity index (χ2n) is 4.77. The molecule has 1 saturated heterocycles. The van der Waals surface area contributed by atoms with Crippen LogP contribution >= 0.6 is 0 Å². The molecule has 1 atom stereocenters. The first-order valence-electron chi connectivity index (χ1n) is 6.48. The van der Waals surface area contributed by atoms with Crippen LogP contribution in [0.1, 0.15) is 26.2 Å². The summed E-state index contributed by atoms with van der Waals surface area (Å²) < 4.78 is 0. The van der Waals surface area contributed by atoms with Gasteiger partial charge in [0.2, 0.25) is 5.91 Å². The van der Waals surface area contributed by atoms with Crippen LogP contribution in [0.2, 0.25) is 0 Å². The maximum atomic E-state index is 11.8.